The SMILES string of the molecule is CCN1CCc2c(cccc2Nc2cc(C)nc(-c3cccnc3)n2)C1. The minimum Gasteiger partial charge on any atom is -0.340 e. The molecule has 3 heterocycles. The van der Waals surface area contributed by atoms with Gasteiger partial charge in [0.15, 0.2) is 5.82 Å². The van der Waals surface area contributed by atoms with E-state index in [4.69, 9.17) is 4.98 Å². The van der Waals surface area contributed by atoms with Gasteiger partial charge in [-0.25, -0.2) is 9.97 Å². The Kier molecular flexibility index (Phi) is 4.63. The summed E-state index contributed by atoms with van der Waals surface area (Å²) in [4.78, 5) is 15.9. The first-order chi connectivity index (χ1) is 12.7. The number of pyridine rings is 1. The van der Waals surface area contributed by atoms with E-state index >= 15 is 0 Å². The molecule has 2 aromatic heterocycles. The lowest BCUT2D eigenvalue weighted by molar-refractivity contribution is 0.268. The number of aromatic nitrogens is 3. The molecule has 0 fully saturated rings. The molecular formula is C21H23N5. The summed E-state index contributed by atoms with van der Waals surface area (Å²) in [7, 11) is 0. The Hall–Kier alpha value is -2.79. The molecule has 1 aliphatic heterocycles. The number of rotatable bonds is 4. The zero-order valence-electron chi connectivity index (χ0n) is 15.2. The molecule has 1 N–H and O–H groups in total. The Morgan fingerprint density at radius 3 is 2.88 bits per heavy atom. The molecule has 0 saturated heterocycles. The van der Waals surface area contributed by atoms with Gasteiger partial charge in [0.2, 0.25) is 0 Å². The first-order valence-corrected chi connectivity index (χ1v) is 9.09. The van der Waals surface area contributed by atoms with E-state index in [0.29, 0.717) is 5.82 Å². The molecule has 0 bridgehead atoms. The molecule has 1 aromatic carbocycles. The molecule has 1 aliphatic rings. The Bertz CT molecular complexity index is 908. The number of aryl methyl sites for hydroxylation is 1. The van der Waals surface area contributed by atoms with Gasteiger partial charge < -0.3 is 5.32 Å². The summed E-state index contributed by atoms with van der Waals surface area (Å²) >= 11 is 0. The monoisotopic (exact) mass is 345 g/mol. The van der Waals surface area contributed by atoms with Crippen LogP contribution in [-0.2, 0) is 13.0 Å². The number of likely N-dealkylation sites (N-methyl/N-ethyl adjacent to an activating group) is 1. The van der Waals surface area contributed by atoms with Gasteiger partial charge >= 0.3 is 0 Å². The normalized spacial score (nSPS) is 14.1. The van der Waals surface area contributed by atoms with Crippen LogP contribution in [0.2, 0.25) is 0 Å². The summed E-state index contributed by atoms with van der Waals surface area (Å²) in [5.74, 6) is 1.52. The molecule has 0 saturated carbocycles. The summed E-state index contributed by atoms with van der Waals surface area (Å²) in [5.41, 5.74) is 5.81. The van der Waals surface area contributed by atoms with Crippen LogP contribution in [0.1, 0.15) is 23.7 Å². The average Bonchev–Trinajstić information content (AvgIpc) is 2.68. The molecule has 0 atom stereocenters. The lowest BCUT2D eigenvalue weighted by atomic mass is 9.97. The zero-order valence-corrected chi connectivity index (χ0v) is 15.2. The molecule has 4 rings (SSSR count). The van der Waals surface area contributed by atoms with Crippen molar-refractivity contribution >= 4 is 11.5 Å². The number of nitrogens with one attached hydrogen (secondary N) is 1. The van der Waals surface area contributed by atoms with Gasteiger partial charge in [-0.05, 0) is 49.2 Å². The van der Waals surface area contributed by atoms with E-state index in [1.165, 1.54) is 11.1 Å². The van der Waals surface area contributed by atoms with Crippen LogP contribution in [0.25, 0.3) is 11.4 Å². The van der Waals surface area contributed by atoms with Crippen LogP contribution in [0.4, 0.5) is 11.5 Å². The van der Waals surface area contributed by atoms with Gasteiger partial charge in [-0.15, -0.1) is 0 Å². The van der Waals surface area contributed by atoms with Gasteiger partial charge in [-0.2, -0.15) is 0 Å². The van der Waals surface area contributed by atoms with Crippen LogP contribution in [0, 0.1) is 6.92 Å². The Balaban J connectivity index is 1.66. The van der Waals surface area contributed by atoms with Crippen molar-refractivity contribution in [1.29, 1.82) is 0 Å². The number of hydrogen-bond acceptors (Lipinski definition) is 5. The molecule has 0 aliphatic carbocycles. The highest BCUT2D eigenvalue weighted by Crippen LogP contribution is 2.28. The molecule has 26 heavy (non-hydrogen) atoms. The van der Waals surface area contributed by atoms with Crippen molar-refractivity contribution in [3.05, 3.63) is 65.6 Å². The zero-order chi connectivity index (χ0) is 17.9. The van der Waals surface area contributed by atoms with Crippen LogP contribution in [0.3, 0.4) is 0 Å². The Labute approximate surface area is 154 Å². The van der Waals surface area contributed by atoms with E-state index in [1.807, 2.05) is 25.1 Å². The first-order valence-electron chi connectivity index (χ1n) is 9.09. The van der Waals surface area contributed by atoms with Gasteiger partial charge in [0.25, 0.3) is 0 Å². The van der Waals surface area contributed by atoms with Crippen molar-refractivity contribution in [1.82, 2.24) is 19.9 Å². The van der Waals surface area contributed by atoms with E-state index in [9.17, 15) is 0 Å². The predicted molar refractivity (Wildman–Crippen MR) is 104 cm³/mol. The topological polar surface area (TPSA) is 53.9 Å². The van der Waals surface area contributed by atoms with Crippen LogP contribution in [0.5, 0.6) is 0 Å². The third-order valence-electron chi connectivity index (χ3n) is 4.83. The molecule has 0 amide bonds. The van der Waals surface area contributed by atoms with E-state index < -0.39 is 0 Å². The molecule has 5 heteroatoms. The summed E-state index contributed by atoms with van der Waals surface area (Å²) in [6, 6.07) is 12.4. The fourth-order valence-corrected chi connectivity index (χ4v) is 3.45. The summed E-state index contributed by atoms with van der Waals surface area (Å²) < 4.78 is 0. The largest absolute Gasteiger partial charge is 0.340 e. The molecule has 132 valence electrons. The second kappa shape index (κ2) is 7.22. The van der Waals surface area contributed by atoms with Crippen molar-refractivity contribution < 1.29 is 0 Å². The Morgan fingerprint density at radius 1 is 1.15 bits per heavy atom. The quantitative estimate of drug-likeness (QED) is 0.775. The van der Waals surface area contributed by atoms with E-state index in [0.717, 1.165) is 48.8 Å². The number of hydrogen-bond donors (Lipinski definition) is 1. The fraction of sp³-hybridized carbons (Fsp3) is 0.286. The summed E-state index contributed by atoms with van der Waals surface area (Å²) in [6.07, 6.45) is 4.61. The van der Waals surface area contributed by atoms with E-state index in [1.54, 1.807) is 12.4 Å². The minimum absolute atomic E-state index is 0.697. The second-order valence-electron chi connectivity index (χ2n) is 6.65. The maximum Gasteiger partial charge on any atom is 0.163 e. The molecule has 0 unspecified atom stereocenters. The predicted octanol–water partition coefficient (Wildman–Crippen LogP) is 3.97. The van der Waals surface area contributed by atoms with Crippen molar-refractivity contribution in [2.45, 2.75) is 26.8 Å². The van der Waals surface area contributed by atoms with Crippen LogP contribution in [-0.4, -0.2) is 32.9 Å². The average molecular weight is 345 g/mol. The fourth-order valence-electron chi connectivity index (χ4n) is 3.45. The van der Waals surface area contributed by atoms with Crippen LogP contribution >= 0.6 is 0 Å². The van der Waals surface area contributed by atoms with Crippen LogP contribution in [0.15, 0.2) is 48.8 Å². The van der Waals surface area contributed by atoms with Crippen LogP contribution < -0.4 is 5.32 Å². The van der Waals surface area contributed by atoms with Gasteiger partial charge in [-0.3, -0.25) is 9.88 Å². The third kappa shape index (κ3) is 3.44. The number of fused-ring (bicyclic) bond motifs is 1. The van der Waals surface area contributed by atoms with Gasteiger partial charge in [0.05, 0.1) is 0 Å². The van der Waals surface area contributed by atoms with E-state index in [-0.39, 0.29) is 0 Å². The molecule has 0 spiro atoms. The first kappa shape index (κ1) is 16.7. The highest BCUT2D eigenvalue weighted by atomic mass is 15.1. The third-order valence-corrected chi connectivity index (χ3v) is 4.83. The molecule has 5 nitrogen and oxygen atoms in total. The lowest BCUT2D eigenvalue weighted by Crippen LogP contribution is -2.30. The maximum atomic E-state index is 4.71. The molecule has 3 aromatic rings. The summed E-state index contributed by atoms with van der Waals surface area (Å²) in [6.45, 7) is 7.43. The summed E-state index contributed by atoms with van der Waals surface area (Å²) in [5, 5.41) is 3.53. The minimum atomic E-state index is 0.697. The highest BCUT2D eigenvalue weighted by Gasteiger charge is 2.18. The number of nitrogens with zero attached hydrogens (tertiary/aromatic N) is 4. The van der Waals surface area contributed by atoms with Crippen molar-refractivity contribution in [3.63, 3.8) is 0 Å². The number of benzene rings is 1. The van der Waals surface area contributed by atoms with Crippen molar-refractivity contribution in [3.8, 4) is 11.4 Å². The number of anilines is 2. The lowest BCUT2D eigenvalue weighted by Gasteiger charge is -2.29. The van der Waals surface area contributed by atoms with Crippen molar-refractivity contribution in [2.24, 2.45) is 0 Å². The van der Waals surface area contributed by atoms with Gasteiger partial charge in [0, 0.05) is 48.5 Å². The molecule has 0 radical (unpaired) electrons. The van der Waals surface area contributed by atoms with E-state index in [2.05, 4.69) is 45.3 Å². The molecular weight excluding hydrogens is 322 g/mol. The van der Waals surface area contributed by atoms with Gasteiger partial charge in [-0.1, -0.05) is 19.1 Å². The standard InChI is InChI=1S/C21H23N5/c1-3-26-11-9-18-17(14-26)6-4-8-19(18)24-20-12-15(2)23-21(25-20)16-7-5-10-22-13-16/h4-8,10,12-13H,3,9,11,14H2,1-2H3,(H,23,24,25). The second-order valence-corrected chi connectivity index (χ2v) is 6.65. The highest BCUT2D eigenvalue weighted by molar-refractivity contribution is 5.65. The van der Waals surface area contributed by atoms with Crippen molar-refractivity contribution in [2.75, 3.05) is 18.4 Å². The van der Waals surface area contributed by atoms with Gasteiger partial charge in [0.1, 0.15) is 5.82 Å². The maximum absolute atomic E-state index is 4.71. The Morgan fingerprint density at radius 2 is 2.08 bits per heavy atom. The smallest absolute Gasteiger partial charge is 0.163 e.